The van der Waals surface area contributed by atoms with Crippen molar-refractivity contribution in [2.45, 2.75) is 18.2 Å². The van der Waals surface area contributed by atoms with Gasteiger partial charge in [0.15, 0.2) is 0 Å². The van der Waals surface area contributed by atoms with Crippen molar-refractivity contribution in [3.63, 3.8) is 0 Å². The number of benzene rings is 2. The highest BCUT2D eigenvalue weighted by Gasteiger charge is 2.23. The van der Waals surface area contributed by atoms with Crippen LogP contribution < -0.4 is 4.72 Å². The first kappa shape index (κ1) is 19.1. The summed E-state index contributed by atoms with van der Waals surface area (Å²) in [5.74, 6) is -0.327. The molecule has 3 aromatic rings. The van der Waals surface area contributed by atoms with Gasteiger partial charge in [-0.2, -0.15) is 0 Å². The number of aryl methyl sites for hydroxylation is 2. The molecule has 0 unspecified atom stereocenters. The topological polar surface area (TPSA) is 81.1 Å². The molecule has 8 heteroatoms. The van der Waals surface area contributed by atoms with E-state index in [4.69, 9.17) is 11.6 Å². The molecule has 6 nitrogen and oxygen atoms in total. The van der Waals surface area contributed by atoms with E-state index in [1.165, 1.54) is 12.3 Å². The van der Waals surface area contributed by atoms with Gasteiger partial charge in [0, 0.05) is 18.8 Å². The van der Waals surface area contributed by atoms with Crippen LogP contribution in [0.1, 0.15) is 23.0 Å². The minimum atomic E-state index is -4.00. The first-order valence-corrected chi connectivity index (χ1v) is 10.1. The molecule has 1 aromatic heterocycles. The fourth-order valence-corrected chi connectivity index (χ4v) is 4.25. The lowest BCUT2D eigenvalue weighted by atomic mass is 10.2. The highest BCUT2D eigenvalue weighted by atomic mass is 35.5. The zero-order valence-electron chi connectivity index (χ0n) is 14.8. The number of sulfonamides is 1. The van der Waals surface area contributed by atoms with E-state index < -0.39 is 15.9 Å². The minimum Gasteiger partial charge on any atom is -0.333 e. The van der Waals surface area contributed by atoms with E-state index in [1.54, 1.807) is 48.0 Å². The maximum absolute atomic E-state index is 12.6. The van der Waals surface area contributed by atoms with E-state index >= 15 is 0 Å². The number of carbonyl (C=O) groups is 1. The maximum atomic E-state index is 12.6. The van der Waals surface area contributed by atoms with Crippen LogP contribution in [0, 0.1) is 0 Å². The Balaban J connectivity index is 1.91. The molecule has 0 aliphatic carbocycles. The van der Waals surface area contributed by atoms with Gasteiger partial charge in [0.1, 0.15) is 11.5 Å². The molecule has 3 rings (SSSR count). The van der Waals surface area contributed by atoms with Gasteiger partial charge in [-0.3, -0.25) is 4.79 Å². The summed E-state index contributed by atoms with van der Waals surface area (Å²) < 4.78 is 29.0. The lowest BCUT2D eigenvalue weighted by Crippen LogP contribution is -2.31. The number of hydrogen-bond acceptors (Lipinski definition) is 4. The molecule has 0 spiro atoms. The van der Waals surface area contributed by atoms with Gasteiger partial charge in [0.05, 0.1) is 9.92 Å². The van der Waals surface area contributed by atoms with Gasteiger partial charge in [-0.05, 0) is 30.2 Å². The SMILES string of the molecule is CCc1ccccc1S(=O)(=O)NC(=O)c1cn(C)c(-c2ccccc2Cl)n1. The second-order valence-electron chi connectivity index (χ2n) is 5.94. The Labute approximate surface area is 162 Å². The number of nitrogens with zero attached hydrogens (tertiary/aromatic N) is 2. The van der Waals surface area contributed by atoms with E-state index in [0.717, 1.165) is 0 Å². The number of rotatable bonds is 5. The van der Waals surface area contributed by atoms with Crippen molar-refractivity contribution in [2.24, 2.45) is 7.05 Å². The molecule has 0 fully saturated rings. The Morgan fingerprint density at radius 3 is 2.52 bits per heavy atom. The Kier molecular flexibility index (Phi) is 5.34. The van der Waals surface area contributed by atoms with E-state index in [0.29, 0.717) is 28.4 Å². The van der Waals surface area contributed by atoms with Crippen LogP contribution in [0.4, 0.5) is 0 Å². The Bertz CT molecular complexity index is 1110. The standard InChI is InChI=1S/C19H18ClN3O3S/c1-3-13-8-4-7-11-17(13)27(25,26)22-19(24)16-12-23(2)18(21-16)14-9-5-6-10-15(14)20/h4-12H,3H2,1-2H3,(H,22,24). The highest BCUT2D eigenvalue weighted by molar-refractivity contribution is 7.90. The highest BCUT2D eigenvalue weighted by Crippen LogP contribution is 2.26. The Morgan fingerprint density at radius 2 is 1.81 bits per heavy atom. The summed E-state index contributed by atoms with van der Waals surface area (Å²) in [7, 11) is -2.29. The van der Waals surface area contributed by atoms with Crippen molar-refractivity contribution in [3.8, 4) is 11.4 Å². The van der Waals surface area contributed by atoms with Crippen molar-refractivity contribution in [1.29, 1.82) is 0 Å². The number of nitrogens with one attached hydrogen (secondary N) is 1. The van der Waals surface area contributed by atoms with Gasteiger partial charge in [0.25, 0.3) is 15.9 Å². The van der Waals surface area contributed by atoms with Crippen molar-refractivity contribution in [2.75, 3.05) is 0 Å². The molecule has 1 heterocycles. The molecule has 1 N–H and O–H groups in total. The summed E-state index contributed by atoms with van der Waals surface area (Å²) in [4.78, 5) is 16.9. The van der Waals surface area contributed by atoms with Crippen LogP contribution in [0.3, 0.4) is 0 Å². The molecule has 140 valence electrons. The smallest absolute Gasteiger partial charge is 0.285 e. The van der Waals surface area contributed by atoms with Crippen molar-refractivity contribution >= 4 is 27.5 Å². The Morgan fingerprint density at radius 1 is 1.15 bits per heavy atom. The summed E-state index contributed by atoms with van der Waals surface area (Å²) in [6.07, 6.45) is 2.00. The van der Waals surface area contributed by atoms with Gasteiger partial charge in [-0.15, -0.1) is 0 Å². The zero-order valence-corrected chi connectivity index (χ0v) is 16.4. The average Bonchev–Trinajstić information content (AvgIpc) is 3.03. The van der Waals surface area contributed by atoms with Gasteiger partial charge in [-0.1, -0.05) is 48.9 Å². The molecule has 0 radical (unpaired) electrons. The van der Waals surface area contributed by atoms with Gasteiger partial charge >= 0.3 is 0 Å². The summed E-state index contributed by atoms with van der Waals surface area (Å²) >= 11 is 6.19. The van der Waals surface area contributed by atoms with Crippen LogP contribution in [0.2, 0.25) is 5.02 Å². The third-order valence-electron chi connectivity index (χ3n) is 4.09. The number of amides is 1. The Hall–Kier alpha value is -2.64. The number of aromatic nitrogens is 2. The van der Waals surface area contributed by atoms with Crippen molar-refractivity contribution < 1.29 is 13.2 Å². The molecule has 27 heavy (non-hydrogen) atoms. The molecule has 2 aromatic carbocycles. The molecule has 0 aliphatic rings. The zero-order chi connectivity index (χ0) is 19.6. The third kappa shape index (κ3) is 3.89. The molecule has 0 saturated heterocycles. The summed E-state index contributed by atoms with van der Waals surface area (Å²) in [5.41, 5.74) is 1.28. The van der Waals surface area contributed by atoms with Crippen LogP contribution in [-0.4, -0.2) is 23.9 Å². The summed E-state index contributed by atoms with van der Waals surface area (Å²) in [6.45, 7) is 1.85. The lowest BCUT2D eigenvalue weighted by molar-refractivity contribution is 0.0977. The first-order valence-electron chi connectivity index (χ1n) is 8.26. The normalized spacial score (nSPS) is 11.4. The lowest BCUT2D eigenvalue weighted by Gasteiger charge is -2.09. The maximum Gasteiger partial charge on any atom is 0.285 e. The summed E-state index contributed by atoms with van der Waals surface area (Å²) in [6, 6.07) is 13.7. The first-order chi connectivity index (χ1) is 12.8. The van der Waals surface area contributed by atoms with Gasteiger partial charge in [0.2, 0.25) is 0 Å². The largest absolute Gasteiger partial charge is 0.333 e. The van der Waals surface area contributed by atoms with Crippen LogP contribution in [-0.2, 0) is 23.5 Å². The monoisotopic (exact) mass is 403 g/mol. The fraction of sp³-hybridized carbons (Fsp3) is 0.158. The molecular formula is C19H18ClN3O3S. The minimum absolute atomic E-state index is 0.00928. The molecule has 1 amide bonds. The predicted molar refractivity (Wildman–Crippen MR) is 104 cm³/mol. The van der Waals surface area contributed by atoms with Crippen molar-refractivity contribution in [1.82, 2.24) is 14.3 Å². The molecule has 0 atom stereocenters. The molecule has 0 bridgehead atoms. The quantitative estimate of drug-likeness (QED) is 0.707. The fourth-order valence-electron chi connectivity index (χ4n) is 2.76. The van der Waals surface area contributed by atoms with Gasteiger partial charge < -0.3 is 4.57 Å². The predicted octanol–water partition coefficient (Wildman–Crippen LogP) is 3.42. The van der Waals surface area contributed by atoms with E-state index in [1.807, 2.05) is 13.0 Å². The molecule has 0 saturated carbocycles. The molecular weight excluding hydrogens is 386 g/mol. The van der Waals surface area contributed by atoms with E-state index in [9.17, 15) is 13.2 Å². The van der Waals surface area contributed by atoms with Gasteiger partial charge in [-0.25, -0.2) is 18.1 Å². The van der Waals surface area contributed by atoms with Crippen molar-refractivity contribution in [3.05, 3.63) is 71.0 Å². The van der Waals surface area contributed by atoms with E-state index in [-0.39, 0.29) is 10.6 Å². The van der Waals surface area contributed by atoms with Crippen LogP contribution in [0.5, 0.6) is 0 Å². The van der Waals surface area contributed by atoms with Crippen LogP contribution >= 0.6 is 11.6 Å². The average molecular weight is 404 g/mol. The van der Waals surface area contributed by atoms with Crippen LogP contribution in [0.15, 0.2) is 59.6 Å². The van der Waals surface area contributed by atoms with Crippen LogP contribution in [0.25, 0.3) is 11.4 Å². The number of imidazole rings is 1. The molecule has 0 aliphatic heterocycles. The second kappa shape index (κ2) is 7.54. The van der Waals surface area contributed by atoms with E-state index in [2.05, 4.69) is 9.71 Å². The number of halogens is 1. The third-order valence-corrected chi connectivity index (χ3v) is 5.85. The number of hydrogen-bond donors (Lipinski definition) is 1. The second-order valence-corrected chi connectivity index (χ2v) is 7.99. The summed E-state index contributed by atoms with van der Waals surface area (Å²) in [5, 5.41) is 0.489. The number of carbonyl (C=O) groups excluding carboxylic acids is 1.